The van der Waals surface area contributed by atoms with Crippen molar-refractivity contribution in [3.63, 3.8) is 0 Å². The van der Waals surface area contributed by atoms with Crippen LogP contribution in [-0.4, -0.2) is 9.55 Å². The topological polar surface area (TPSA) is 67.6 Å². The van der Waals surface area contributed by atoms with Gasteiger partial charge in [-0.15, -0.1) is 0 Å². The lowest BCUT2D eigenvalue weighted by Crippen LogP contribution is -2.11. The number of hydrogen-bond donors (Lipinski definition) is 1. The molecule has 1 aromatic carbocycles. The lowest BCUT2D eigenvalue weighted by Gasteiger charge is -2.14. The van der Waals surface area contributed by atoms with Crippen LogP contribution in [0.4, 0.5) is 5.95 Å². The molecule has 0 spiro atoms. The number of anilines is 1. The van der Waals surface area contributed by atoms with Gasteiger partial charge in [0.05, 0.1) is 22.7 Å². The Morgan fingerprint density at radius 3 is 2.72 bits per heavy atom. The summed E-state index contributed by atoms with van der Waals surface area (Å²) in [7, 11) is 0. The average molecular weight is 242 g/mol. The van der Waals surface area contributed by atoms with Crippen molar-refractivity contribution in [3.8, 4) is 6.07 Å². The van der Waals surface area contributed by atoms with Gasteiger partial charge in [-0.05, 0) is 24.1 Å². The number of hydrogen-bond acceptors (Lipinski definition) is 3. The molecule has 4 nitrogen and oxygen atoms in total. The molecule has 94 valence electrons. The van der Waals surface area contributed by atoms with Crippen LogP contribution in [0.15, 0.2) is 18.2 Å². The molecule has 0 amide bonds. The van der Waals surface area contributed by atoms with Crippen molar-refractivity contribution in [3.05, 3.63) is 23.8 Å². The predicted molar refractivity (Wildman–Crippen MR) is 72.9 cm³/mol. The number of imidazole rings is 1. The van der Waals surface area contributed by atoms with Crippen LogP contribution >= 0.6 is 0 Å². The molecule has 1 aromatic heterocycles. The second kappa shape index (κ2) is 5.09. The molecule has 0 aliphatic carbocycles. The number of nitrogens with two attached hydrogens (primary N) is 1. The third-order valence-corrected chi connectivity index (χ3v) is 3.50. The van der Waals surface area contributed by atoms with E-state index in [4.69, 9.17) is 11.0 Å². The monoisotopic (exact) mass is 242 g/mol. The van der Waals surface area contributed by atoms with Gasteiger partial charge in [0.1, 0.15) is 0 Å². The number of aromatic nitrogens is 2. The van der Waals surface area contributed by atoms with Crippen LogP contribution < -0.4 is 5.73 Å². The number of fused-ring (bicyclic) bond motifs is 1. The molecule has 4 heteroatoms. The van der Waals surface area contributed by atoms with Crippen LogP contribution in [0.25, 0.3) is 11.0 Å². The highest BCUT2D eigenvalue weighted by Gasteiger charge is 2.12. The van der Waals surface area contributed by atoms with Gasteiger partial charge in [-0.25, -0.2) is 4.98 Å². The van der Waals surface area contributed by atoms with Gasteiger partial charge in [0.25, 0.3) is 0 Å². The molecule has 0 atom stereocenters. The summed E-state index contributed by atoms with van der Waals surface area (Å²) < 4.78 is 2.02. The third-order valence-electron chi connectivity index (χ3n) is 3.50. The van der Waals surface area contributed by atoms with Gasteiger partial charge in [0.15, 0.2) is 0 Å². The highest BCUT2D eigenvalue weighted by Crippen LogP contribution is 2.22. The first-order valence-electron chi connectivity index (χ1n) is 6.35. The quantitative estimate of drug-likeness (QED) is 0.896. The molecule has 0 fully saturated rings. The molecule has 0 bridgehead atoms. The Hall–Kier alpha value is -2.02. The van der Waals surface area contributed by atoms with Gasteiger partial charge >= 0.3 is 0 Å². The molecule has 0 aliphatic heterocycles. The minimum Gasteiger partial charge on any atom is -0.369 e. The van der Waals surface area contributed by atoms with Crippen molar-refractivity contribution >= 4 is 17.0 Å². The molecular formula is C14H18N4. The molecule has 2 rings (SSSR count). The summed E-state index contributed by atoms with van der Waals surface area (Å²) in [4.78, 5) is 4.34. The minimum atomic E-state index is 0.534. The average Bonchev–Trinajstić information content (AvgIpc) is 2.70. The Balaban J connectivity index is 2.48. The number of benzene rings is 1. The molecule has 2 N–H and O–H groups in total. The SMILES string of the molecule is CCC(CC)Cn1c(N)nc2ccc(C#N)cc21. The first-order valence-corrected chi connectivity index (χ1v) is 6.35. The van der Waals surface area contributed by atoms with E-state index in [-0.39, 0.29) is 0 Å². The van der Waals surface area contributed by atoms with Crippen LogP contribution in [0.5, 0.6) is 0 Å². The second-order valence-electron chi connectivity index (χ2n) is 4.58. The van der Waals surface area contributed by atoms with Gasteiger partial charge in [0.2, 0.25) is 5.95 Å². The first kappa shape index (κ1) is 12.4. The van der Waals surface area contributed by atoms with Gasteiger partial charge in [-0.2, -0.15) is 5.26 Å². The fourth-order valence-electron chi connectivity index (χ4n) is 2.21. The van der Waals surface area contributed by atoms with Crippen molar-refractivity contribution < 1.29 is 0 Å². The molecule has 1 heterocycles. The van der Waals surface area contributed by atoms with E-state index >= 15 is 0 Å². The second-order valence-corrected chi connectivity index (χ2v) is 4.58. The molecular weight excluding hydrogens is 224 g/mol. The van der Waals surface area contributed by atoms with Crippen LogP contribution in [0.3, 0.4) is 0 Å². The number of rotatable bonds is 4. The summed E-state index contributed by atoms with van der Waals surface area (Å²) in [5.74, 6) is 1.13. The smallest absolute Gasteiger partial charge is 0.201 e. The summed E-state index contributed by atoms with van der Waals surface area (Å²) in [6.07, 6.45) is 2.24. The van der Waals surface area contributed by atoms with E-state index in [0.29, 0.717) is 17.4 Å². The molecule has 0 saturated carbocycles. The number of nitrogen functional groups attached to an aromatic ring is 1. The number of nitriles is 1. The fraction of sp³-hybridized carbons (Fsp3) is 0.429. The van der Waals surface area contributed by atoms with Gasteiger partial charge in [-0.3, -0.25) is 0 Å². The van der Waals surface area contributed by atoms with E-state index in [0.717, 1.165) is 30.4 Å². The highest BCUT2D eigenvalue weighted by molar-refractivity contribution is 5.79. The summed E-state index contributed by atoms with van der Waals surface area (Å²) in [6.45, 7) is 5.23. The maximum Gasteiger partial charge on any atom is 0.201 e. The fourth-order valence-corrected chi connectivity index (χ4v) is 2.21. The van der Waals surface area contributed by atoms with E-state index in [9.17, 15) is 0 Å². The minimum absolute atomic E-state index is 0.534. The van der Waals surface area contributed by atoms with Crippen LogP contribution in [0.2, 0.25) is 0 Å². The van der Waals surface area contributed by atoms with E-state index < -0.39 is 0 Å². The Morgan fingerprint density at radius 2 is 2.11 bits per heavy atom. The number of nitrogens with zero attached hydrogens (tertiary/aromatic N) is 3. The zero-order valence-electron chi connectivity index (χ0n) is 10.8. The van der Waals surface area contributed by atoms with Gasteiger partial charge in [-0.1, -0.05) is 26.7 Å². The predicted octanol–water partition coefficient (Wildman–Crippen LogP) is 2.93. The summed E-state index contributed by atoms with van der Waals surface area (Å²) in [5, 5.41) is 8.96. The van der Waals surface area contributed by atoms with E-state index in [1.807, 2.05) is 16.7 Å². The standard InChI is InChI=1S/C14H18N4/c1-3-10(4-2)9-18-13-7-11(8-15)5-6-12(13)17-14(18)16/h5-7,10H,3-4,9H2,1-2H3,(H2,16,17). The molecule has 0 aliphatic rings. The van der Waals surface area contributed by atoms with Crippen molar-refractivity contribution in [2.24, 2.45) is 5.92 Å². The van der Waals surface area contributed by atoms with Crippen molar-refractivity contribution in [1.82, 2.24) is 9.55 Å². The zero-order chi connectivity index (χ0) is 13.1. The summed E-state index contributed by atoms with van der Waals surface area (Å²) in [5.41, 5.74) is 8.43. The highest BCUT2D eigenvalue weighted by atomic mass is 15.2. The molecule has 0 unspecified atom stereocenters. The summed E-state index contributed by atoms with van der Waals surface area (Å²) in [6, 6.07) is 7.65. The summed E-state index contributed by atoms with van der Waals surface area (Å²) >= 11 is 0. The van der Waals surface area contributed by atoms with E-state index in [2.05, 4.69) is 24.9 Å². The maximum atomic E-state index is 8.96. The zero-order valence-corrected chi connectivity index (χ0v) is 10.8. The van der Waals surface area contributed by atoms with Gasteiger partial charge < -0.3 is 10.3 Å². The molecule has 2 aromatic rings. The Kier molecular flexibility index (Phi) is 3.52. The van der Waals surface area contributed by atoms with Crippen molar-refractivity contribution in [2.75, 3.05) is 5.73 Å². The third kappa shape index (κ3) is 2.17. The molecule has 18 heavy (non-hydrogen) atoms. The Morgan fingerprint density at radius 1 is 1.39 bits per heavy atom. The van der Waals surface area contributed by atoms with E-state index in [1.165, 1.54) is 0 Å². The van der Waals surface area contributed by atoms with E-state index in [1.54, 1.807) is 6.07 Å². The normalized spacial score (nSPS) is 11.0. The Labute approximate surface area is 107 Å². The van der Waals surface area contributed by atoms with Crippen LogP contribution in [-0.2, 0) is 6.54 Å². The Bertz CT molecular complexity index is 588. The molecule has 0 saturated heterocycles. The van der Waals surface area contributed by atoms with Crippen LogP contribution in [0.1, 0.15) is 32.3 Å². The largest absolute Gasteiger partial charge is 0.369 e. The van der Waals surface area contributed by atoms with Crippen LogP contribution in [0, 0.1) is 17.2 Å². The lowest BCUT2D eigenvalue weighted by molar-refractivity contribution is 0.427. The van der Waals surface area contributed by atoms with Gasteiger partial charge in [0, 0.05) is 6.54 Å². The molecule has 0 radical (unpaired) electrons. The van der Waals surface area contributed by atoms with Crippen molar-refractivity contribution in [1.29, 1.82) is 5.26 Å². The maximum absolute atomic E-state index is 8.96. The van der Waals surface area contributed by atoms with Crippen molar-refractivity contribution in [2.45, 2.75) is 33.2 Å². The lowest BCUT2D eigenvalue weighted by atomic mass is 10.0. The first-order chi connectivity index (χ1) is 8.69.